The predicted octanol–water partition coefficient (Wildman–Crippen LogP) is 7.80. The summed E-state index contributed by atoms with van der Waals surface area (Å²) in [4.78, 5) is 17.6. The number of aryl methyl sites for hydroxylation is 2. The van der Waals surface area contributed by atoms with Gasteiger partial charge in [0.15, 0.2) is 5.71 Å². The van der Waals surface area contributed by atoms with E-state index < -0.39 is 15.5 Å². The van der Waals surface area contributed by atoms with Crippen molar-refractivity contribution in [2.45, 2.75) is 122 Å². The first kappa shape index (κ1) is 44.3. The van der Waals surface area contributed by atoms with Gasteiger partial charge in [-0.1, -0.05) is 55.2 Å². The number of fused-ring (bicyclic) bond motifs is 2. The highest BCUT2D eigenvalue weighted by molar-refractivity contribution is 7.85. The first-order chi connectivity index (χ1) is 27.7. The van der Waals surface area contributed by atoms with Crippen molar-refractivity contribution in [3.63, 3.8) is 0 Å². The molecular formula is C43H61N10O4S+. The number of carbonyl (C=O) groups excluding carboxylic acids is 1. The Labute approximate surface area is 343 Å². The molecule has 14 nitrogen and oxygen atoms in total. The van der Waals surface area contributed by atoms with Gasteiger partial charge < -0.3 is 15.5 Å². The molecule has 0 unspecified atom stereocenters. The van der Waals surface area contributed by atoms with Crippen molar-refractivity contribution in [2.24, 2.45) is 5.11 Å². The van der Waals surface area contributed by atoms with E-state index in [0.717, 1.165) is 87.2 Å². The van der Waals surface area contributed by atoms with Gasteiger partial charge in [0, 0.05) is 91.2 Å². The van der Waals surface area contributed by atoms with E-state index >= 15 is 0 Å². The molecule has 1 amide bonds. The molecule has 2 aromatic carbocycles. The van der Waals surface area contributed by atoms with Gasteiger partial charge >= 0.3 is 0 Å². The van der Waals surface area contributed by atoms with Crippen molar-refractivity contribution in [3.8, 4) is 0 Å². The van der Waals surface area contributed by atoms with Crippen molar-refractivity contribution in [1.82, 2.24) is 25.6 Å². The number of nitrogens with zero attached hydrogens (tertiary/aromatic N) is 8. The highest BCUT2D eigenvalue weighted by Crippen LogP contribution is 2.49. The molecule has 0 fully saturated rings. The highest BCUT2D eigenvalue weighted by atomic mass is 32.2. The second-order valence-electron chi connectivity index (χ2n) is 16.3. The standard InChI is InChI=1S/C43H60N10O4S/c1-7-8-26-52-38-21-19-34(58(55,56)57)29-36(38)43(5,6)40(52)16-12-15-39-42(3,4)35-28-32(2)18-20-37(35)53(39)27-11-9-10-17-41(54)46-23-14-25-51-31-33(48-50-51)30-45-22-13-24-47-49-44/h12,15-16,18-21,28-29,31,45H,7-11,13-14,17,22-27,30H2,1-6H3,(H-,46,54,55,56,57)/p+1. The normalized spacial score (nSPS) is 16.3. The van der Waals surface area contributed by atoms with Crippen molar-refractivity contribution in [2.75, 3.05) is 37.6 Å². The summed E-state index contributed by atoms with van der Waals surface area (Å²) in [5.41, 5.74) is 16.4. The van der Waals surface area contributed by atoms with Crippen LogP contribution in [-0.4, -0.2) is 76.9 Å². The summed E-state index contributed by atoms with van der Waals surface area (Å²) in [6, 6.07) is 11.6. The van der Waals surface area contributed by atoms with Crippen molar-refractivity contribution >= 4 is 33.1 Å². The maximum absolute atomic E-state index is 12.7. The van der Waals surface area contributed by atoms with Gasteiger partial charge in [-0.25, -0.2) is 0 Å². The molecule has 0 bridgehead atoms. The number of amides is 1. The van der Waals surface area contributed by atoms with Gasteiger partial charge in [-0.15, -0.1) is 5.10 Å². The molecule has 3 aromatic rings. The molecule has 58 heavy (non-hydrogen) atoms. The molecule has 0 spiro atoms. The molecule has 3 heterocycles. The predicted molar refractivity (Wildman–Crippen MR) is 229 cm³/mol. The molecule has 0 aliphatic carbocycles. The first-order valence-electron chi connectivity index (χ1n) is 20.6. The Hall–Kier alpha value is -4.82. The highest BCUT2D eigenvalue weighted by Gasteiger charge is 2.44. The van der Waals surface area contributed by atoms with Gasteiger partial charge in [-0.2, -0.15) is 13.0 Å². The van der Waals surface area contributed by atoms with Gasteiger partial charge in [0.1, 0.15) is 6.54 Å². The van der Waals surface area contributed by atoms with Crippen LogP contribution in [0.2, 0.25) is 0 Å². The molecule has 1 aromatic heterocycles. The maximum atomic E-state index is 12.7. The molecule has 0 saturated heterocycles. The van der Waals surface area contributed by atoms with E-state index in [2.05, 4.69) is 118 Å². The molecule has 3 N–H and O–H groups in total. The Morgan fingerprint density at radius 3 is 2.57 bits per heavy atom. The van der Waals surface area contributed by atoms with Gasteiger partial charge in [-0.3, -0.25) is 14.0 Å². The van der Waals surface area contributed by atoms with E-state index in [1.54, 1.807) is 10.7 Å². The fourth-order valence-electron chi connectivity index (χ4n) is 7.99. The lowest BCUT2D eigenvalue weighted by Crippen LogP contribution is -2.28. The Bertz CT molecular complexity index is 2180. The van der Waals surface area contributed by atoms with E-state index in [0.29, 0.717) is 32.6 Å². The quantitative estimate of drug-likeness (QED) is 0.0229. The number of unbranched alkanes of at least 4 members (excludes halogenated alkanes) is 3. The maximum Gasteiger partial charge on any atom is 0.294 e. The van der Waals surface area contributed by atoms with E-state index in [9.17, 15) is 17.8 Å². The number of benzene rings is 2. The summed E-state index contributed by atoms with van der Waals surface area (Å²) in [5, 5.41) is 18.2. The first-order valence-corrected chi connectivity index (χ1v) is 22.0. The largest absolute Gasteiger partial charge is 0.356 e. The summed E-state index contributed by atoms with van der Waals surface area (Å²) in [5.74, 6) is 0.0646. The van der Waals surface area contributed by atoms with Crippen LogP contribution in [0.3, 0.4) is 0 Å². The summed E-state index contributed by atoms with van der Waals surface area (Å²) in [7, 11) is -4.33. The molecular weight excluding hydrogens is 753 g/mol. The average molecular weight is 814 g/mol. The van der Waals surface area contributed by atoms with Crippen molar-refractivity contribution in [1.29, 1.82) is 0 Å². The van der Waals surface area contributed by atoms with E-state index in [-0.39, 0.29) is 16.2 Å². The molecule has 312 valence electrons. The lowest BCUT2D eigenvalue weighted by Gasteiger charge is -2.27. The molecule has 2 aliphatic rings. The van der Waals surface area contributed by atoms with Gasteiger partial charge in [0.05, 0.1) is 16.0 Å². The Morgan fingerprint density at radius 1 is 1.00 bits per heavy atom. The molecule has 15 heteroatoms. The molecule has 0 radical (unpaired) electrons. The molecule has 5 rings (SSSR count). The smallest absolute Gasteiger partial charge is 0.294 e. The minimum atomic E-state index is -4.33. The topological polar surface area (TPSA) is 181 Å². The number of hydrogen-bond acceptors (Lipinski definition) is 8. The van der Waals surface area contributed by atoms with Crippen LogP contribution in [-0.2, 0) is 38.8 Å². The van der Waals surface area contributed by atoms with Crippen LogP contribution in [0.4, 0.5) is 11.4 Å². The molecule has 0 atom stereocenters. The van der Waals surface area contributed by atoms with Gasteiger partial charge in [0.2, 0.25) is 11.6 Å². The number of carbonyl (C=O) groups is 1. The zero-order chi connectivity index (χ0) is 41.9. The zero-order valence-electron chi connectivity index (χ0n) is 35.0. The van der Waals surface area contributed by atoms with E-state index in [1.165, 1.54) is 28.6 Å². The van der Waals surface area contributed by atoms with E-state index in [1.807, 2.05) is 12.3 Å². The number of nitrogens with one attached hydrogen (secondary N) is 2. The minimum absolute atomic E-state index is 0.0646. The van der Waals surface area contributed by atoms with Crippen LogP contribution in [0.25, 0.3) is 10.4 Å². The Kier molecular flexibility index (Phi) is 15.1. The monoisotopic (exact) mass is 813 g/mol. The zero-order valence-corrected chi connectivity index (χ0v) is 35.9. The van der Waals surface area contributed by atoms with Crippen LogP contribution in [0.15, 0.2) is 76.5 Å². The number of aromatic nitrogens is 3. The van der Waals surface area contributed by atoms with Crippen molar-refractivity contribution in [3.05, 3.63) is 99.3 Å². The van der Waals surface area contributed by atoms with E-state index in [4.69, 9.17) is 5.53 Å². The molecule has 0 saturated carbocycles. The summed E-state index contributed by atoms with van der Waals surface area (Å²) >= 11 is 0. The molecule has 2 aliphatic heterocycles. The number of allylic oxidation sites excluding steroid dienone is 4. The third kappa shape index (κ3) is 10.8. The second kappa shape index (κ2) is 19.8. The van der Waals surface area contributed by atoms with Crippen LogP contribution in [0.5, 0.6) is 0 Å². The van der Waals surface area contributed by atoms with Gasteiger partial charge in [0.25, 0.3) is 10.1 Å². The average Bonchev–Trinajstić information content (AvgIpc) is 3.78. The Balaban J connectivity index is 1.18. The number of anilines is 1. The SMILES string of the molecule is CCCCN1/C(=C/C=C/C2=[N+](CCCCCC(=O)NCCCn3cc(CNCCCN=[N+]=[N-])nn3)c3ccc(C)cc3C2(C)C)C(C)(C)c2cc(S(=O)(=O)O)ccc21. The minimum Gasteiger partial charge on any atom is -0.356 e. The van der Waals surface area contributed by atoms with Crippen LogP contribution in [0.1, 0.15) is 108 Å². The van der Waals surface area contributed by atoms with Crippen LogP contribution < -0.4 is 15.5 Å². The second-order valence-corrected chi connectivity index (χ2v) is 17.8. The number of hydrogen-bond donors (Lipinski definition) is 3. The fourth-order valence-corrected chi connectivity index (χ4v) is 8.49. The Morgan fingerprint density at radius 2 is 1.81 bits per heavy atom. The summed E-state index contributed by atoms with van der Waals surface area (Å²) < 4.78 is 38.2. The third-order valence-corrected chi connectivity index (χ3v) is 12.0. The summed E-state index contributed by atoms with van der Waals surface area (Å²) in [6.07, 6.45) is 15.1. The number of rotatable bonds is 22. The van der Waals surface area contributed by atoms with Gasteiger partial charge in [-0.05, 0) is 101 Å². The van der Waals surface area contributed by atoms with Crippen LogP contribution >= 0.6 is 0 Å². The lowest BCUT2D eigenvalue weighted by atomic mass is 9.80. The van der Waals surface area contributed by atoms with Crippen molar-refractivity contribution < 1.29 is 22.3 Å². The van der Waals surface area contributed by atoms with Crippen LogP contribution in [0, 0.1) is 6.92 Å². The lowest BCUT2D eigenvalue weighted by molar-refractivity contribution is -0.438. The number of azide groups is 1. The third-order valence-electron chi connectivity index (χ3n) is 11.2. The fraction of sp³-hybridized carbons (Fsp3) is 0.535. The summed E-state index contributed by atoms with van der Waals surface area (Å²) in [6.45, 7) is 17.8.